The molecular formula is C10H18O7S. The van der Waals surface area contributed by atoms with Crippen LogP contribution in [0.5, 0.6) is 0 Å². The van der Waals surface area contributed by atoms with Gasteiger partial charge in [0.2, 0.25) is 0 Å². The van der Waals surface area contributed by atoms with Gasteiger partial charge >= 0.3 is 5.97 Å². The largest absolute Gasteiger partial charge is 0.478 e. The lowest BCUT2D eigenvalue weighted by molar-refractivity contribution is -0.132. The Morgan fingerprint density at radius 1 is 1.11 bits per heavy atom. The van der Waals surface area contributed by atoms with E-state index in [4.69, 9.17) is 19.1 Å². The molecule has 0 aromatic carbocycles. The smallest absolute Gasteiger partial charge is 0.330 e. The molecule has 0 saturated heterocycles. The first kappa shape index (κ1) is 17.0. The van der Waals surface area contributed by atoms with E-state index in [1.54, 1.807) is 0 Å². The molecule has 0 spiro atoms. The summed E-state index contributed by atoms with van der Waals surface area (Å²) >= 11 is 0. The van der Waals surface area contributed by atoms with Crippen molar-refractivity contribution in [1.29, 1.82) is 0 Å². The lowest BCUT2D eigenvalue weighted by Gasteiger charge is -2.05. The van der Waals surface area contributed by atoms with Gasteiger partial charge in [-0.15, -0.1) is 0 Å². The molecule has 2 N–H and O–H groups in total. The maximum absolute atomic E-state index is 10.4. The zero-order chi connectivity index (χ0) is 14.0. The van der Waals surface area contributed by atoms with Crippen LogP contribution in [0.1, 0.15) is 12.8 Å². The quantitative estimate of drug-likeness (QED) is 0.319. The fourth-order valence-electron chi connectivity index (χ4n) is 0.981. The monoisotopic (exact) mass is 282 g/mol. The third-order valence-electron chi connectivity index (χ3n) is 1.93. The molecule has 18 heavy (non-hydrogen) atoms. The minimum absolute atomic E-state index is 0.0853. The number of aliphatic carboxylic acids is 1. The molecule has 0 heterocycles. The average molecular weight is 282 g/mol. The summed E-state index contributed by atoms with van der Waals surface area (Å²) in [6, 6.07) is 0. The summed E-state index contributed by atoms with van der Waals surface area (Å²) in [7, 11) is -3.97. The first-order valence-electron chi connectivity index (χ1n) is 5.34. The van der Waals surface area contributed by atoms with E-state index >= 15 is 0 Å². The van der Waals surface area contributed by atoms with E-state index in [2.05, 4.69) is 6.58 Å². The first-order valence-corrected chi connectivity index (χ1v) is 6.95. The van der Waals surface area contributed by atoms with Gasteiger partial charge in [0.1, 0.15) is 0 Å². The predicted molar refractivity (Wildman–Crippen MR) is 64.1 cm³/mol. The second kappa shape index (κ2) is 9.03. The molecule has 106 valence electrons. The Morgan fingerprint density at radius 2 is 1.67 bits per heavy atom. The highest BCUT2D eigenvalue weighted by Gasteiger charge is 2.04. The minimum Gasteiger partial charge on any atom is -0.478 e. The third-order valence-corrected chi connectivity index (χ3v) is 2.61. The summed E-state index contributed by atoms with van der Waals surface area (Å²) in [6.07, 6.45) is 0.912. The van der Waals surface area contributed by atoms with E-state index in [0.717, 1.165) is 0 Å². The van der Waals surface area contributed by atoms with Crippen LogP contribution in [-0.2, 0) is 24.4 Å². The van der Waals surface area contributed by atoms with Crippen LogP contribution in [0.15, 0.2) is 12.2 Å². The summed E-state index contributed by atoms with van der Waals surface area (Å²) < 4.78 is 39.0. The number of carboxylic acid groups (broad SMARTS) is 1. The Labute approximate surface area is 106 Å². The van der Waals surface area contributed by atoms with E-state index in [-0.39, 0.29) is 25.4 Å². The van der Waals surface area contributed by atoms with E-state index in [0.29, 0.717) is 19.4 Å². The standard InChI is InChI=1S/C10H18O7S/c1-9(10(11)12)3-2-4-16-5-6-17-7-8-18(13,14)15/h1-8H2,(H,11,12)(H,13,14,15). The molecule has 0 bridgehead atoms. The van der Waals surface area contributed by atoms with Gasteiger partial charge in [-0.25, -0.2) is 4.79 Å². The van der Waals surface area contributed by atoms with Gasteiger partial charge in [-0.05, 0) is 12.8 Å². The van der Waals surface area contributed by atoms with Gasteiger partial charge in [0, 0.05) is 12.2 Å². The predicted octanol–water partition coefficient (Wildman–Crippen LogP) is 0.328. The van der Waals surface area contributed by atoms with Crippen LogP contribution >= 0.6 is 0 Å². The van der Waals surface area contributed by atoms with Crippen molar-refractivity contribution in [1.82, 2.24) is 0 Å². The van der Waals surface area contributed by atoms with Gasteiger partial charge in [-0.2, -0.15) is 8.42 Å². The number of carbonyl (C=O) groups is 1. The molecule has 0 aliphatic rings. The third kappa shape index (κ3) is 11.5. The van der Waals surface area contributed by atoms with Crippen molar-refractivity contribution >= 4 is 16.1 Å². The van der Waals surface area contributed by atoms with Gasteiger partial charge in [0.15, 0.2) is 0 Å². The normalized spacial score (nSPS) is 11.4. The van der Waals surface area contributed by atoms with Gasteiger partial charge in [0.05, 0.1) is 25.6 Å². The molecule has 0 amide bonds. The van der Waals surface area contributed by atoms with Crippen LogP contribution in [0, 0.1) is 0 Å². The molecule has 0 radical (unpaired) electrons. The van der Waals surface area contributed by atoms with Gasteiger partial charge < -0.3 is 14.6 Å². The van der Waals surface area contributed by atoms with Crippen LogP contribution in [0.3, 0.4) is 0 Å². The molecule has 0 aromatic heterocycles. The average Bonchev–Trinajstić information content (AvgIpc) is 2.24. The van der Waals surface area contributed by atoms with Crippen molar-refractivity contribution < 1.29 is 32.3 Å². The number of hydrogen-bond donors (Lipinski definition) is 2. The van der Waals surface area contributed by atoms with Crippen molar-refractivity contribution in [2.24, 2.45) is 0 Å². The molecule has 0 atom stereocenters. The fourth-order valence-corrected chi connectivity index (χ4v) is 1.31. The van der Waals surface area contributed by atoms with E-state index in [1.807, 2.05) is 0 Å². The SMILES string of the molecule is C=C(CCCOCCOCCS(=O)(=O)O)C(=O)O. The minimum atomic E-state index is -3.97. The zero-order valence-corrected chi connectivity index (χ0v) is 10.8. The van der Waals surface area contributed by atoms with Gasteiger partial charge in [-0.3, -0.25) is 4.55 Å². The Morgan fingerprint density at radius 3 is 2.17 bits per heavy atom. The lowest BCUT2D eigenvalue weighted by atomic mass is 10.2. The summed E-state index contributed by atoms with van der Waals surface area (Å²) in [4.78, 5) is 10.4. The second-order valence-corrected chi connectivity index (χ2v) is 5.10. The molecule has 7 nitrogen and oxygen atoms in total. The van der Waals surface area contributed by atoms with Crippen molar-refractivity contribution in [2.75, 3.05) is 32.2 Å². The van der Waals surface area contributed by atoms with Crippen LogP contribution in [0.4, 0.5) is 0 Å². The number of hydrogen-bond acceptors (Lipinski definition) is 5. The Kier molecular flexibility index (Phi) is 8.55. The Bertz CT molecular complexity index is 360. The van der Waals surface area contributed by atoms with Crippen LogP contribution in [-0.4, -0.2) is 56.2 Å². The fraction of sp³-hybridized carbons (Fsp3) is 0.700. The van der Waals surface area contributed by atoms with E-state index in [1.165, 1.54) is 0 Å². The Balaban J connectivity index is 3.27. The van der Waals surface area contributed by atoms with Crippen LogP contribution in [0.2, 0.25) is 0 Å². The Hall–Kier alpha value is -0.960. The van der Waals surface area contributed by atoms with Crippen molar-refractivity contribution in [3.05, 3.63) is 12.2 Å². The summed E-state index contributed by atoms with van der Waals surface area (Å²) in [5, 5.41) is 8.52. The highest BCUT2D eigenvalue weighted by atomic mass is 32.2. The van der Waals surface area contributed by atoms with Crippen molar-refractivity contribution in [3.8, 4) is 0 Å². The molecule has 0 aliphatic carbocycles. The van der Waals surface area contributed by atoms with E-state index in [9.17, 15) is 13.2 Å². The number of carboxylic acids is 1. The maximum Gasteiger partial charge on any atom is 0.330 e. The zero-order valence-electron chi connectivity index (χ0n) is 10.0. The summed E-state index contributed by atoms with van der Waals surface area (Å²) in [6.45, 7) is 4.17. The molecule has 0 fully saturated rings. The van der Waals surface area contributed by atoms with Gasteiger partial charge in [0.25, 0.3) is 10.1 Å². The molecular weight excluding hydrogens is 264 g/mol. The number of rotatable bonds is 11. The van der Waals surface area contributed by atoms with E-state index < -0.39 is 21.8 Å². The van der Waals surface area contributed by atoms with Crippen LogP contribution < -0.4 is 0 Å². The maximum atomic E-state index is 10.4. The molecule has 0 aromatic rings. The molecule has 0 unspecified atom stereocenters. The van der Waals surface area contributed by atoms with Gasteiger partial charge in [-0.1, -0.05) is 6.58 Å². The first-order chi connectivity index (χ1) is 8.33. The molecule has 0 rings (SSSR count). The summed E-state index contributed by atoms with van der Waals surface area (Å²) in [5.41, 5.74) is 0.142. The lowest BCUT2D eigenvalue weighted by Crippen LogP contribution is -2.13. The van der Waals surface area contributed by atoms with Crippen molar-refractivity contribution in [2.45, 2.75) is 12.8 Å². The summed E-state index contributed by atoms with van der Waals surface area (Å²) in [5.74, 6) is -1.45. The number of ether oxygens (including phenoxy) is 2. The highest BCUT2D eigenvalue weighted by Crippen LogP contribution is 2.02. The second-order valence-electron chi connectivity index (χ2n) is 3.52. The molecule has 0 saturated carbocycles. The highest BCUT2D eigenvalue weighted by molar-refractivity contribution is 7.85. The van der Waals surface area contributed by atoms with Crippen molar-refractivity contribution in [3.63, 3.8) is 0 Å². The van der Waals surface area contributed by atoms with Crippen LogP contribution in [0.25, 0.3) is 0 Å². The molecule has 8 heteroatoms. The molecule has 0 aliphatic heterocycles. The topological polar surface area (TPSA) is 110 Å².